The van der Waals surface area contributed by atoms with Crippen molar-refractivity contribution in [2.24, 2.45) is 5.92 Å². The Morgan fingerprint density at radius 3 is 2.33 bits per heavy atom. The molecule has 0 saturated heterocycles. The summed E-state index contributed by atoms with van der Waals surface area (Å²) in [5, 5.41) is 3.61. The summed E-state index contributed by atoms with van der Waals surface area (Å²) >= 11 is 0. The van der Waals surface area contributed by atoms with E-state index in [-0.39, 0.29) is 5.60 Å². The first-order valence-corrected chi connectivity index (χ1v) is 8.08. The van der Waals surface area contributed by atoms with Gasteiger partial charge in [-0.15, -0.1) is 0 Å². The zero-order valence-corrected chi connectivity index (χ0v) is 12.3. The van der Waals surface area contributed by atoms with E-state index in [1.165, 1.54) is 57.8 Å². The van der Waals surface area contributed by atoms with E-state index in [4.69, 9.17) is 4.74 Å². The summed E-state index contributed by atoms with van der Waals surface area (Å²) in [6.45, 7) is 6.50. The molecule has 2 aliphatic rings. The minimum absolute atomic E-state index is 0.148. The molecule has 0 atom stereocenters. The third-order valence-corrected chi connectivity index (χ3v) is 4.48. The highest BCUT2D eigenvalue weighted by Gasteiger charge is 2.32. The summed E-state index contributed by atoms with van der Waals surface area (Å²) in [5.41, 5.74) is 0.148. The lowest BCUT2D eigenvalue weighted by molar-refractivity contribution is -0.0580. The highest BCUT2D eigenvalue weighted by molar-refractivity contribution is 4.86. The van der Waals surface area contributed by atoms with Crippen LogP contribution in [0.15, 0.2) is 0 Å². The van der Waals surface area contributed by atoms with Gasteiger partial charge in [0.05, 0.1) is 5.60 Å². The number of rotatable bonds is 7. The fourth-order valence-electron chi connectivity index (χ4n) is 2.98. The molecule has 0 amide bonds. The number of hydrogen-bond donors (Lipinski definition) is 1. The molecule has 0 spiro atoms. The molecular weight excluding hydrogens is 222 g/mol. The van der Waals surface area contributed by atoms with Gasteiger partial charge >= 0.3 is 0 Å². The lowest BCUT2D eigenvalue weighted by Crippen LogP contribution is -2.45. The molecule has 1 N–H and O–H groups in total. The van der Waals surface area contributed by atoms with Gasteiger partial charge in [0.1, 0.15) is 0 Å². The molecule has 2 saturated carbocycles. The van der Waals surface area contributed by atoms with E-state index in [0.29, 0.717) is 6.04 Å². The second-order valence-corrected chi connectivity index (χ2v) is 6.71. The summed E-state index contributed by atoms with van der Waals surface area (Å²) in [6, 6.07) is 0.567. The second-order valence-electron chi connectivity index (χ2n) is 6.71. The monoisotopic (exact) mass is 253 g/mol. The first-order valence-electron chi connectivity index (χ1n) is 8.08. The highest BCUT2D eigenvalue weighted by atomic mass is 16.5. The third kappa shape index (κ3) is 4.89. The van der Waals surface area contributed by atoms with Gasteiger partial charge < -0.3 is 10.1 Å². The van der Waals surface area contributed by atoms with E-state index in [2.05, 4.69) is 19.2 Å². The molecule has 18 heavy (non-hydrogen) atoms. The number of nitrogens with one attached hydrogen (secondary N) is 1. The summed E-state index contributed by atoms with van der Waals surface area (Å²) in [6.07, 6.45) is 12.2. The molecule has 0 aromatic carbocycles. The molecule has 2 fully saturated rings. The average molecular weight is 253 g/mol. The van der Waals surface area contributed by atoms with Gasteiger partial charge in [0.2, 0.25) is 0 Å². The van der Waals surface area contributed by atoms with E-state index in [0.717, 1.165) is 19.1 Å². The summed E-state index contributed by atoms with van der Waals surface area (Å²) in [7, 11) is 0. The molecule has 0 heterocycles. The van der Waals surface area contributed by atoms with Crippen molar-refractivity contribution < 1.29 is 4.74 Å². The van der Waals surface area contributed by atoms with Crippen LogP contribution in [-0.4, -0.2) is 24.8 Å². The Bertz CT molecular complexity index is 227. The molecule has 0 radical (unpaired) electrons. The smallest absolute Gasteiger partial charge is 0.0806 e. The Morgan fingerprint density at radius 2 is 1.78 bits per heavy atom. The molecule has 106 valence electrons. The van der Waals surface area contributed by atoms with Crippen molar-refractivity contribution in [2.45, 2.75) is 83.3 Å². The SMILES string of the molecule is CC(C)NCC1(OCCC2CC2)CCCCCC1. The maximum atomic E-state index is 6.39. The normalized spacial score (nSPS) is 24.2. The van der Waals surface area contributed by atoms with Crippen LogP contribution < -0.4 is 5.32 Å². The summed E-state index contributed by atoms with van der Waals surface area (Å²) in [5.74, 6) is 0.992. The minimum Gasteiger partial charge on any atom is -0.374 e. The van der Waals surface area contributed by atoms with Crippen LogP contribution in [-0.2, 0) is 4.74 Å². The van der Waals surface area contributed by atoms with Crippen LogP contribution in [0, 0.1) is 5.92 Å². The van der Waals surface area contributed by atoms with Crippen LogP contribution in [0.4, 0.5) is 0 Å². The van der Waals surface area contributed by atoms with E-state index < -0.39 is 0 Å². The molecule has 0 bridgehead atoms. The van der Waals surface area contributed by atoms with Crippen LogP contribution in [0.25, 0.3) is 0 Å². The van der Waals surface area contributed by atoms with Crippen molar-refractivity contribution in [1.29, 1.82) is 0 Å². The molecule has 2 heteroatoms. The first-order chi connectivity index (χ1) is 8.70. The Morgan fingerprint density at radius 1 is 1.11 bits per heavy atom. The van der Waals surface area contributed by atoms with Gasteiger partial charge in [-0.1, -0.05) is 52.4 Å². The van der Waals surface area contributed by atoms with E-state index in [9.17, 15) is 0 Å². The van der Waals surface area contributed by atoms with Gasteiger partial charge in [-0.2, -0.15) is 0 Å². The van der Waals surface area contributed by atoms with E-state index in [1.807, 2.05) is 0 Å². The summed E-state index contributed by atoms with van der Waals surface area (Å²) < 4.78 is 6.39. The van der Waals surface area contributed by atoms with Crippen LogP contribution in [0.1, 0.15) is 71.6 Å². The maximum absolute atomic E-state index is 6.39. The standard InChI is InChI=1S/C16H31NO/c1-14(2)17-13-16(10-5-3-4-6-11-16)18-12-9-15-7-8-15/h14-15,17H,3-13H2,1-2H3. The van der Waals surface area contributed by atoms with Gasteiger partial charge in [-0.25, -0.2) is 0 Å². The van der Waals surface area contributed by atoms with Crippen molar-refractivity contribution in [3.05, 3.63) is 0 Å². The Kier molecular flexibility index (Phi) is 5.50. The van der Waals surface area contributed by atoms with Gasteiger partial charge in [0.15, 0.2) is 0 Å². The Hall–Kier alpha value is -0.0800. The summed E-state index contributed by atoms with van der Waals surface area (Å²) in [4.78, 5) is 0. The predicted molar refractivity (Wildman–Crippen MR) is 76.9 cm³/mol. The number of ether oxygens (including phenoxy) is 1. The molecule has 0 aromatic rings. The zero-order valence-electron chi connectivity index (χ0n) is 12.3. The highest BCUT2D eigenvalue weighted by Crippen LogP contribution is 2.35. The van der Waals surface area contributed by atoms with Crippen LogP contribution in [0.3, 0.4) is 0 Å². The van der Waals surface area contributed by atoms with Gasteiger partial charge in [0, 0.05) is 19.2 Å². The van der Waals surface area contributed by atoms with Gasteiger partial charge in [-0.3, -0.25) is 0 Å². The zero-order chi connectivity index (χ0) is 12.8. The predicted octanol–water partition coefficient (Wildman–Crippen LogP) is 3.89. The largest absolute Gasteiger partial charge is 0.374 e. The van der Waals surface area contributed by atoms with Crippen molar-refractivity contribution in [3.8, 4) is 0 Å². The van der Waals surface area contributed by atoms with Crippen molar-refractivity contribution in [3.63, 3.8) is 0 Å². The molecule has 0 unspecified atom stereocenters. The lowest BCUT2D eigenvalue weighted by atomic mass is 9.93. The van der Waals surface area contributed by atoms with E-state index in [1.54, 1.807) is 0 Å². The number of hydrogen-bond acceptors (Lipinski definition) is 2. The van der Waals surface area contributed by atoms with Gasteiger partial charge in [0.25, 0.3) is 0 Å². The molecule has 2 aliphatic carbocycles. The van der Waals surface area contributed by atoms with Crippen LogP contribution >= 0.6 is 0 Å². The molecule has 2 rings (SSSR count). The maximum Gasteiger partial charge on any atom is 0.0806 e. The van der Waals surface area contributed by atoms with Crippen molar-refractivity contribution in [1.82, 2.24) is 5.32 Å². The average Bonchev–Trinajstić information content (AvgIpc) is 3.14. The molecule has 0 aliphatic heterocycles. The fourth-order valence-corrected chi connectivity index (χ4v) is 2.98. The third-order valence-electron chi connectivity index (χ3n) is 4.48. The van der Waals surface area contributed by atoms with Gasteiger partial charge in [-0.05, 0) is 25.2 Å². The first kappa shape index (κ1) is 14.3. The molecule has 0 aromatic heterocycles. The van der Waals surface area contributed by atoms with Crippen molar-refractivity contribution >= 4 is 0 Å². The fraction of sp³-hybridized carbons (Fsp3) is 1.00. The molecule has 2 nitrogen and oxygen atoms in total. The Balaban J connectivity index is 1.81. The quantitative estimate of drug-likeness (QED) is 0.695. The molecular formula is C16H31NO. The van der Waals surface area contributed by atoms with Crippen LogP contribution in [0.5, 0.6) is 0 Å². The minimum atomic E-state index is 0.148. The topological polar surface area (TPSA) is 21.3 Å². The Labute approximate surface area is 113 Å². The second kappa shape index (κ2) is 6.91. The van der Waals surface area contributed by atoms with E-state index >= 15 is 0 Å². The van der Waals surface area contributed by atoms with Crippen LogP contribution in [0.2, 0.25) is 0 Å². The van der Waals surface area contributed by atoms with Crippen molar-refractivity contribution in [2.75, 3.05) is 13.2 Å². The lowest BCUT2D eigenvalue weighted by Gasteiger charge is -2.34.